The van der Waals surface area contributed by atoms with Crippen LogP contribution in [-0.4, -0.2) is 11.8 Å². The number of hydrogen-bond acceptors (Lipinski definition) is 1. The fourth-order valence-electron chi connectivity index (χ4n) is 1.50. The van der Waals surface area contributed by atoms with Gasteiger partial charge in [0.2, 0.25) is 0 Å². The summed E-state index contributed by atoms with van der Waals surface area (Å²) in [6.07, 6.45) is 5.59. The van der Waals surface area contributed by atoms with Gasteiger partial charge in [-0.25, -0.2) is 0 Å². The molecular weight excluding hydrogens is 174 g/mol. The van der Waals surface area contributed by atoms with Gasteiger partial charge >= 0.3 is 0 Å². The molecule has 0 saturated heterocycles. The van der Waals surface area contributed by atoms with Crippen molar-refractivity contribution < 1.29 is 17.4 Å². The summed E-state index contributed by atoms with van der Waals surface area (Å²) in [5, 5.41) is 0. The minimum atomic E-state index is 0. The molecule has 11 heavy (non-hydrogen) atoms. The number of nitrogens with zero attached hydrogens (tertiary/aromatic N) is 1. The van der Waals surface area contributed by atoms with Crippen LogP contribution < -0.4 is 0 Å². The Morgan fingerprint density at radius 3 is 2.73 bits per heavy atom. The SMILES string of the molecule is C[C-]1CCC=NC(C)(C)C1.[Cr]. The quantitative estimate of drug-likeness (QED) is 0.521. The molecule has 1 heterocycles. The first-order chi connectivity index (χ1) is 4.60. The standard InChI is InChI=1S/C9H16N.Cr/c1-8-5-4-6-10-9(2,3)7-8;/h6H,4-5,7H2,1-3H3;/q-1;. The summed E-state index contributed by atoms with van der Waals surface area (Å²) in [6.45, 7) is 6.62. The molecule has 0 unspecified atom stereocenters. The van der Waals surface area contributed by atoms with Crippen molar-refractivity contribution in [2.24, 2.45) is 4.99 Å². The summed E-state index contributed by atoms with van der Waals surface area (Å²) in [5.41, 5.74) is 0.167. The van der Waals surface area contributed by atoms with E-state index in [1.165, 1.54) is 6.42 Å². The average Bonchev–Trinajstić information content (AvgIpc) is 1.90. The van der Waals surface area contributed by atoms with Crippen LogP contribution >= 0.6 is 0 Å². The van der Waals surface area contributed by atoms with E-state index in [2.05, 4.69) is 32.0 Å². The van der Waals surface area contributed by atoms with Crippen molar-refractivity contribution in [3.05, 3.63) is 5.92 Å². The van der Waals surface area contributed by atoms with Crippen LogP contribution in [0.3, 0.4) is 0 Å². The van der Waals surface area contributed by atoms with Gasteiger partial charge in [-0.1, -0.05) is 0 Å². The maximum atomic E-state index is 4.46. The van der Waals surface area contributed by atoms with E-state index in [0.29, 0.717) is 0 Å². The van der Waals surface area contributed by atoms with Crippen LogP contribution in [0.25, 0.3) is 0 Å². The third-order valence-corrected chi connectivity index (χ3v) is 1.88. The Hall–Kier alpha value is 0.202. The molecule has 2 heteroatoms. The molecule has 0 N–H and O–H groups in total. The number of rotatable bonds is 0. The van der Waals surface area contributed by atoms with Crippen molar-refractivity contribution in [2.45, 2.75) is 45.6 Å². The Labute approximate surface area is 80.4 Å². The minimum Gasteiger partial charge on any atom is -0.314 e. The fourth-order valence-corrected chi connectivity index (χ4v) is 1.50. The predicted molar refractivity (Wildman–Crippen MR) is 45.3 cm³/mol. The summed E-state index contributed by atoms with van der Waals surface area (Å²) >= 11 is 0. The van der Waals surface area contributed by atoms with Gasteiger partial charge in [0, 0.05) is 22.9 Å². The van der Waals surface area contributed by atoms with Gasteiger partial charge in [0.1, 0.15) is 0 Å². The van der Waals surface area contributed by atoms with Crippen molar-refractivity contribution in [1.82, 2.24) is 0 Å². The zero-order chi connectivity index (χ0) is 7.61. The molecule has 0 aliphatic carbocycles. The van der Waals surface area contributed by atoms with E-state index < -0.39 is 0 Å². The van der Waals surface area contributed by atoms with Crippen molar-refractivity contribution in [2.75, 3.05) is 0 Å². The topological polar surface area (TPSA) is 12.4 Å². The van der Waals surface area contributed by atoms with Gasteiger partial charge in [-0.2, -0.15) is 19.8 Å². The van der Waals surface area contributed by atoms with Crippen molar-refractivity contribution in [3.63, 3.8) is 0 Å². The first-order valence-electron chi connectivity index (χ1n) is 3.95. The van der Waals surface area contributed by atoms with Crippen LogP contribution in [0, 0.1) is 5.92 Å². The third-order valence-electron chi connectivity index (χ3n) is 1.88. The van der Waals surface area contributed by atoms with E-state index in [-0.39, 0.29) is 22.9 Å². The van der Waals surface area contributed by atoms with Crippen molar-refractivity contribution >= 4 is 6.21 Å². The van der Waals surface area contributed by atoms with E-state index in [1.807, 2.05) is 0 Å². The molecule has 0 aromatic carbocycles. The van der Waals surface area contributed by atoms with Crippen LogP contribution in [0.5, 0.6) is 0 Å². The Morgan fingerprint density at radius 2 is 2.09 bits per heavy atom. The Morgan fingerprint density at radius 1 is 1.45 bits per heavy atom. The first kappa shape index (κ1) is 11.2. The first-order valence-corrected chi connectivity index (χ1v) is 3.95. The van der Waals surface area contributed by atoms with Gasteiger partial charge in [-0.05, 0) is 26.5 Å². The molecule has 0 bridgehead atoms. The van der Waals surface area contributed by atoms with Gasteiger partial charge in [0.15, 0.2) is 0 Å². The molecule has 0 fully saturated rings. The maximum Gasteiger partial charge on any atom is 0.0283 e. The van der Waals surface area contributed by atoms with Gasteiger partial charge in [-0.3, -0.25) is 4.99 Å². The predicted octanol–water partition coefficient (Wildman–Crippen LogP) is 2.61. The molecule has 0 saturated carbocycles. The second-order valence-electron chi connectivity index (χ2n) is 3.80. The van der Waals surface area contributed by atoms with E-state index in [4.69, 9.17) is 0 Å². The van der Waals surface area contributed by atoms with E-state index in [1.54, 1.807) is 5.92 Å². The van der Waals surface area contributed by atoms with Gasteiger partial charge < -0.3 is 5.92 Å². The zero-order valence-electron chi connectivity index (χ0n) is 7.55. The van der Waals surface area contributed by atoms with Crippen LogP contribution in [0.15, 0.2) is 4.99 Å². The van der Waals surface area contributed by atoms with Crippen LogP contribution in [-0.2, 0) is 17.4 Å². The zero-order valence-corrected chi connectivity index (χ0v) is 8.83. The average molecular weight is 190 g/mol. The molecular formula is C9H16CrN-. The van der Waals surface area contributed by atoms with Crippen LogP contribution in [0.4, 0.5) is 0 Å². The molecule has 1 rings (SSSR count). The Bertz CT molecular complexity index is 140. The van der Waals surface area contributed by atoms with Gasteiger partial charge in [0.25, 0.3) is 0 Å². The molecule has 0 aromatic rings. The third kappa shape index (κ3) is 3.94. The summed E-state index contributed by atoms with van der Waals surface area (Å²) in [4.78, 5) is 4.46. The van der Waals surface area contributed by atoms with Crippen molar-refractivity contribution in [1.29, 1.82) is 0 Å². The van der Waals surface area contributed by atoms with Crippen molar-refractivity contribution in [3.8, 4) is 0 Å². The summed E-state index contributed by atoms with van der Waals surface area (Å²) in [7, 11) is 0. The minimum absolute atomic E-state index is 0. The molecule has 0 amide bonds. The van der Waals surface area contributed by atoms with Gasteiger partial charge in [0.05, 0.1) is 0 Å². The largest absolute Gasteiger partial charge is 0.314 e. The summed E-state index contributed by atoms with van der Waals surface area (Å²) in [5.74, 6) is 1.59. The van der Waals surface area contributed by atoms with E-state index in [0.717, 1.165) is 12.8 Å². The number of hydrogen-bond donors (Lipinski definition) is 0. The monoisotopic (exact) mass is 190 g/mol. The van der Waals surface area contributed by atoms with E-state index in [9.17, 15) is 0 Å². The number of aliphatic imine (C=N–C) groups is 1. The molecule has 0 radical (unpaired) electrons. The van der Waals surface area contributed by atoms with Crippen LogP contribution in [0.2, 0.25) is 0 Å². The second kappa shape index (κ2) is 4.28. The normalized spacial score (nSPS) is 23.9. The fraction of sp³-hybridized carbons (Fsp3) is 0.778. The maximum absolute atomic E-state index is 4.46. The molecule has 64 valence electrons. The molecule has 1 nitrogen and oxygen atoms in total. The molecule has 1 aliphatic heterocycles. The Kier molecular flexibility index (Phi) is 4.36. The van der Waals surface area contributed by atoms with Crippen LogP contribution in [0.1, 0.15) is 40.0 Å². The van der Waals surface area contributed by atoms with E-state index >= 15 is 0 Å². The summed E-state index contributed by atoms with van der Waals surface area (Å²) in [6, 6.07) is 0. The Balaban J connectivity index is 0.000001000. The smallest absolute Gasteiger partial charge is 0.0283 e. The molecule has 0 aromatic heterocycles. The molecule has 1 aliphatic rings. The molecule has 0 spiro atoms. The second-order valence-corrected chi connectivity index (χ2v) is 3.80. The summed E-state index contributed by atoms with van der Waals surface area (Å²) < 4.78 is 0. The molecule has 0 atom stereocenters. The van der Waals surface area contributed by atoms with Gasteiger partial charge in [-0.15, -0.1) is 0 Å².